The van der Waals surface area contributed by atoms with Crippen LogP contribution in [0.2, 0.25) is 0 Å². The zero-order chi connectivity index (χ0) is 20.3. The lowest BCUT2D eigenvalue weighted by Gasteiger charge is -2.34. The van der Waals surface area contributed by atoms with Gasteiger partial charge in [-0.1, -0.05) is 6.07 Å². The van der Waals surface area contributed by atoms with Gasteiger partial charge in [0.05, 0.1) is 12.2 Å². The highest BCUT2D eigenvalue weighted by Crippen LogP contribution is 2.31. The van der Waals surface area contributed by atoms with Crippen LogP contribution < -0.4 is 0 Å². The lowest BCUT2D eigenvalue weighted by atomic mass is 9.86. The maximum atomic E-state index is 12.7. The third kappa shape index (κ3) is 5.09. The fourth-order valence-corrected chi connectivity index (χ4v) is 3.84. The molecular weight excluding hydrogens is 358 g/mol. The SMILES string of the molecule is CC(C)(C)OC(=O)N1CCC(CC2CC(=O)N(Cc3ccccn3)C2=O)CC1. The predicted molar refractivity (Wildman–Crippen MR) is 103 cm³/mol. The molecule has 0 aromatic carbocycles. The number of nitrogens with zero attached hydrogens (tertiary/aromatic N) is 3. The third-order valence-electron chi connectivity index (χ3n) is 5.27. The molecule has 152 valence electrons. The summed E-state index contributed by atoms with van der Waals surface area (Å²) in [7, 11) is 0. The van der Waals surface area contributed by atoms with Crippen molar-refractivity contribution in [2.24, 2.45) is 11.8 Å². The molecule has 3 amide bonds. The second-order valence-corrected chi connectivity index (χ2v) is 8.69. The van der Waals surface area contributed by atoms with Crippen LogP contribution in [0.1, 0.15) is 52.1 Å². The van der Waals surface area contributed by atoms with Gasteiger partial charge in [-0.25, -0.2) is 4.79 Å². The summed E-state index contributed by atoms with van der Waals surface area (Å²) < 4.78 is 5.42. The highest BCUT2D eigenvalue weighted by Gasteiger charge is 2.40. The van der Waals surface area contributed by atoms with E-state index in [9.17, 15) is 14.4 Å². The first-order valence-electron chi connectivity index (χ1n) is 9.95. The van der Waals surface area contributed by atoms with E-state index in [1.165, 1.54) is 4.90 Å². The minimum atomic E-state index is -0.498. The second kappa shape index (κ2) is 8.29. The molecule has 0 N–H and O–H groups in total. The zero-order valence-corrected chi connectivity index (χ0v) is 16.9. The zero-order valence-electron chi connectivity index (χ0n) is 16.9. The van der Waals surface area contributed by atoms with Gasteiger partial charge >= 0.3 is 6.09 Å². The van der Waals surface area contributed by atoms with Crippen molar-refractivity contribution in [2.45, 2.75) is 58.6 Å². The molecule has 0 bridgehead atoms. The minimum absolute atomic E-state index is 0.0924. The molecule has 7 nitrogen and oxygen atoms in total. The van der Waals surface area contributed by atoms with Crippen LogP contribution in [-0.2, 0) is 20.9 Å². The lowest BCUT2D eigenvalue weighted by Crippen LogP contribution is -2.42. The Balaban J connectivity index is 1.49. The number of carbonyl (C=O) groups is 3. The van der Waals surface area contributed by atoms with E-state index in [4.69, 9.17) is 4.74 Å². The molecule has 1 aromatic heterocycles. The Bertz CT molecular complexity index is 721. The Labute approximate surface area is 166 Å². The summed E-state index contributed by atoms with van der Waals surface area (Å²) in [5.74, 6) is -0.124. The summed E-state index contributed by atoms with van der Waals surface area (Å²) in [5, 5.41) is 0. The van der Waals surface area contributed by atoms with Gasteiger partial charge in [0.15, 0.2) is 0 Å². The molecule has 0 spiro atoms. The first-order chi connectivity index (χ1) is 13.2. The van der Waals surface area contributed by atoms with Crippen LogP contribution in [0.15, 0.2) is 24.4 Å². The topological polar surface area (TPSA) is 79.8 Å². The lowest BCUT2D eigenvalue weighted by molar-refractivity contribution is -0.140. The molecule has 1 aromatic rings. The van der Waals surface area contributed by atoms with E-state index in [-0.39, 0.29) is 36.8 Å². The Kier molecular flexibility index (Phi) is 6.01. The van der Waals surface area contributed by atoms with Crippen LogP contribution in [0.5, 0.6) is 0 Å². The second-order valence-electron chi connectivity index (χ2n) is 8.69. The Morgan fingerprint density at radius 1 is 1.21 bits per heavy atom. The van der Waals surface area contributed by atoms with Gasteiger partial charge in [-0.15, -0.1) is 0 Å². The molecule has 2 saturated heterocycles. The van der Waals surface area contributed by atoms with Crippen LogP contribution >= 0.6 is 0 Å². The van der Waals surface area contributed by atoms with Gasteiger partial charge in [0.2, 0.25) is 11.8 Å². The number of hydrogen-bond donors (Lipinski definition) is 0. The van der Waals surface area contributed by atoms with Gasteiger partial charge in [0, 0.05) is 31.6 Å². The average molecular weight is 387 g/mol. The summed E-state index contributed by atoms with van der Waals surface area (Å²) in [6.07, 6.45) is 4.02. The molecule has 0 aliphatic carbocycles. The van der Waals surface area contributed by atoms with Crippen molar-refractivity contribution in [3.8, 4) is 0 Å². The van der Waals surface area contributed by atoms with E-state index < -0.39 is 5.60 Å². The molecule has 1 unspecified atom stereocenters. The minimum Gasteiger partial charge on any atom is -0.444 e. The van der Waals surface area contributed by atoms with E-state index in [1.807, 2.05) is 39.0 Å². The molecule has 1 atom stereocenters. The van der Waals surface area contributed by atoms with Crippen LogP contribution in [0.25, 0.3) is 0 Å². The van der Waals surface area contributed by atoms with Gasteiger partial charge in [-0.05, 0) is 58.1 Å². The average Bonchev–Trinajstić information content (AvgIpc) is 2.89. The fraction of sp³-hybridized carbons (Fsp3) is 0.619. The van der Waals surface area contributed by atoms with Crippen molar-refractivity contribution >= 4 is 17.9 Å². The summed E-state index contributed by atoms with van der Waals surface area (Å²) in [5.41, 5.74) is 0.220. The molecule has 0 radical (unpaired) electrons. The maximum Gasteiger partial charge on any atom is 0.410 e. The highest BCUT2D eigenvalue weighted by molar-refractivity contribution is 6.03. The van der Waals surface area contributed by atoms with Crippen molar-refractivity contribution < 1.29 is 19.1 Å². The summed E-state index contributed by atoms with van der Waals surface area (Å²) in [6, 6.07) is 5.48. The molecule has 28 heavy (non-hydrogen) atoms. The van der Waals surface area contributed by atoms with Gasteiger partial charge in [-0.3, -0.25) is 19.5 Å². The van der Waals surface area contributed by atoms with Gasteiger partial charge < -0.3 is 9.64 Å². The van der Waals surface area contributed by atoms with E-state index in [2.05, 4.69) is 4.98 Å². The van der Waals surface area contributed by atoms with E-state index in [0.717, 1.165) is 18.5 Å². The van der Waals surface area contributed by atoms with E-state index in [0.29, 0.717) is 25.4 Å². The van der Waals surface area contributed by atoms with Crippen LogP contribution in [-0.4, -0.2) is 51.4 Å². The maximum absolute atomic E-state index is 12.7. The number of piperidine rings is 1. The smallest absolute Gasteiger partial charge is 0.410 e. The molecule has 3 heterocycles. The summed E-state index contributed by atoms with van der Waals surface area (Å²) in [4.78, 5) is 44.5. The van der Waals surface area contributed by atoms with Gasteiger partial charge in [0.25, 0.3) is 0 Å². The number of likely N-dealkylation sites (tertiary alicyclic amines) is 2. The van der Waals surface area contributed by atoms with Gasteiger partial charge in [0.1, 0.15) is 5.60 Å². The summed E-state index contributed by atoms with van der Waals surface area (Å²) >= 11 is 0. The molecular formula is C21H29N3O4. The molecule has 0 saturated carbocycles. The number of carbonyl (C=O) groups excluding carboxylic acids is 3. The molecule has 3 rings (SSSR count). The first kappa shape index (κ1) is 20.3. The van der Waals surface area contributed by atoms with Crippen LogP contribution in [0, 0.1) is 11.8 Å². The Morgan fingerprint density at radius 2 is 1.93 bits per heavy atom. The Morgan fingerprint density at radius 3 is 2.54 bits per heavy atom. The van der Waals surface area contributed by atoms with Crippen molar-refractivity contribution in [2.75, 3.05) is 13.1 Å². The number of hydrogen-bond acceptors (Lipinski definition) is 5. The predicted octanol–water partition coefficient (Wildman–Crippen LogP) is 2.99. The standard InChI is InChI=1S/C21H29N3O4/c1-21(2,3)28-20(27)23-10-7-15(8-11-23)12-16-13-18(25)24(19(16)26)14-17-6-4-5-9-22-17/h4-6,9,15-16H,7-8,10-14H2,1-3H3. The fourth-order valence-electron chi connectivity index (χ4n) is 3.84. The normalized spacial score (nSPS) is 21.3. The quantitative estimate of drug-likeness (QED) is 0.742. The number of rotatable bonds is 4. The van der Waals surface area contributed by atoms with Crippen LogP contribution in [0.4, 0.5) is 4.79 Å². The number of pyridine rings is 1. The largest absolute Gasteiger partial charge is 0.444 e. The monoisotopic (exact) mass is 387 g/mol. The number of ether oxygens (including phenoxy) is 1. The number of imide groups is 1. The van der Waals surface area contributed by atoms with E-state index >= 15 is 0 Å². The molecule has 7 heteroatoms. The third-order valence-corrected chi connectivity index (χ3v) is 5.27. The van der Waals surface area contributed by atoms with Crippen molar-refractivity contribution in [3.63, 3.8) is 0 Å². The highest BCUT2D eigenvalue weighted by atomic mass is 16.6. The van der Waals surface area contributed by atoms with Gasteiger partial charge in [-0.2, -0.15) is 0 Å². The summed E-state index contributed by atoms with van der Waals surface area (Å²) in [6.45, 7) is 7.08. The van der Waals surface area contributed by atoms with Crippen LogP contribution in [0.3, 0.4) is 0 Å². The molecule has 2 aliphatic rings. The molecule has 2 fully saturated rings. The first-order valence-corrected chi connectivity index (χ1v) is 9.95. The van der Waals surface area contributed by atoms with Crippen molar-refractivity contribution in [1.82, 2.24) is 14.8 Å². The van der Waals surface area contributed by atoms with Crippen molar-refractivity contribution in [3.05, 3.63) is 30.1 Å². The number of amides is 3. The molecule has 2 aliphatic heterocycles. The van der Waals surface area contributed by atoms with Crippen molar-refractivity contribution in [1.29, 1.82) is 0 Å². The number of aromatic nitrogens is 1. The Hall–Kier alpha value is -2.44. The van der Waals surface area contributed by atoms with E-state index in [1.54, 1.807) is 11.1 Å².